The summed E-state index contributed by atoms with van der Waals surface area (Å²) in [6.45, 7) is 7.93. The van der Waals surface area contributed by atoms with E-state index in [1.165, 1.54) is 14.2 Å². The van der Waals surface area contributed by atoms with Gasteiger partial charge in [-0.3, -0.25) is 0 Å². The topological polar surface area (TPSA) is 76.7 Å². The first kappa shape index (κ1) is 21.0. The lowest BCUT2D eigenvalue weighted by Crippen LogP contribution is -2.24. The highest BCUT2D eigenvalue weighted by atomic mass is 16.5. The van der Waals surface area contributed by atoms with Gasteiger partial charge in [-0.1, -0.05) is 12.1 Å². The first-order chi connectivity index (χ1) is 13.3. The molecule has 0 saturated heterocycles. The van der Waals surface area contributed by atoms with E-state index >= 15 is 0 Å². The number of anilines is 2. The van der Waals surface area contributed by atoms with E-state index in [1.807, 2.05) is 64.1 Å². The molecule has 0 aromatic heterocycles. The third-order valence-corrected chi connectivity index (χ3v) is 4.58. The van der Waals surface area contributed by atoms with Crippen molar-refractivity contribution >= 4 is 23.3 Å². The number of ether oxygens (including phenoxy) is 2. The number of carbonyl (C=O) groups is 2. The monoisotopic (exact) mass is 382 g/mol. The smallest absolute Gasteiger partial charge is 0.356 e. The molecule has 0 radical (unpaired) electrons. The van der Waals surface area contributed by atoms with Crippen LogP contribution in [0.5, 0.6) is 0 Å². The Morgan fingerprint density at radius 3 is 1.29 bits per heavy atom. The van der Waals surface area contributed by atoms with E-state index in [9.17, 15) is 9.59 Å². The van der Waals surface area contributed by atoms with Gasteiger partial charge in [0.15, 0.2) is 11.4 Å². The fourth-order valence-corrected chi connectivity index (χ4v) is 2.56. The number of rotatable bonds is 6. The highest BCUT2D eigenvalue weighted by Gasteiger charge is 2.24. The lowest BCUT2D eigenvalue weighted by atomic mass is 10.1. The Labute approximate surface area is 165 Å². The van der Waals surface area contributed by atoms with Crippen LogP contribution in [0.3, 0.4) is 0 Å². The Kier molecular flexibility index (Phi) is 6.82. The Morgan fingerprint density at radius 1 is 0.643 bits per heavy atom. The summed E-state index contributed by atoms with van der Waals surface area (Å²) in [5, 5.41) is 6.00. The van der Waals surface area contributed by atoms with Crippen LogP contribution in [0.4, 0.5) is 11.4 Å². The van der Waals surface area contributed by atoms with Crippen LogP contribution < -0.4 is 10.6 Å². The number of nitrogens with one attached hydrogen (secondary N) is 2. The van der Waals surface area contributed by atoms with Crippen LogP contribution in [-0.4, -0.2) is 26.2 Å². The molecule has 148 valence electrons. The van der Waals surface area contributed by atoms with E-state index in [-0.39, 0.29) is 11.4 Å². The van der Waals surface area contributed by atoms with Crippen molar-refractivity contribution in [2.75, 3.05) is 24.9 Å². The minimum absolute atomic E-state index is 0.0316. The van der Waals surface area contributed by atoms with E-state index in [4.69, 9.17) is 9.47 Å². The predicted octanol–water partition coefficient (Wildman–Crippen LogP) is 4.00. The third-order valence-electron chi connectivity index (χ3n) is 4.58. The number of benzene rings is 2. The molecule has 0 amide bonds. The maximum absolute atomic E-state index is 12.5. The number of methoxy groups -OCH3 is 2. The van der Waals surface area contributed by atoms with Crippen molar-refractivity contribution in [1.29, 1.82) is 0 Å². The van der Waals surface area contributed by atoms with Crippen LogP contribution in [0.2, 0.25) is 0 Å². The maximum atomic E-state index is 12.5. The highest BCUT2D eigenvalue weighted by Crippen LogP contribution is 2.21. The van der Waals surface area contributed by atoms with Crippen molar-refractivity contribution in [3.63, 3.8) is 0 Å². The molecule has 0 unspecified atom stereocenters. The maximum Gasteiger partial charge on any atom is 0.356 e. The van der Waals surface area contributed by atoms with Crippen LogP contribution in [0.1, 0.15) is 22.3 Å². The number of hydrogen-bond acceptors (Lipinski definition) is 6. The molecule has 0 aliphatic rings. The molecule has 0 saturated carbocycles. The zero-order chi connectivity index (χ0) is 20.8. The SMILES string of the molecule is COC(=O)C(Nc1ccc(C)c(C)c1)=C(Nc1ccc(C)c(C)c1)C(=O)OC. The van der Waals surface area contributed by atoms with Gasteiger partial charge in [0, 0.05) is 11.4 Å². The van der Waals surface area contributed by atoms with Gasteiger partial charge in [-0.25, -0.2) is 9.59 Å². The zero-order valence-corrected chi connectivity index (χ0v) is 17.1. The van der Waals surface area contributed by atoms with Gasteiger partial charge >= 0.3 is 11.9 Å². The van der Waals surface area contributed by atoms with E-state index in [2.05, 4.69) is 10.6 Å². The summed E-state index contributed by atoms with van der Waals surface area (Å²) < 4.78 is 9.78. The van der Waals surface area contributed by atoms with E-state index in [1.54, 1.807) is 0 Å². The van der Waals surface area contributed by atoms with Gasteiger partial charge in [0.2, 0.25) is 0 Å². The number of aryl methyl sites for hydroxylation is 4. The summed E-state index contributed by atoms with van der Waals surface area (Å²) in [5.74, 6) is -1.37. The minimum atomic E-state index is -0.685. The molecule has 0 bridgehead atoms. The molecule has 6 heteroatoms. The molecule has 2 aromatic carbocycles. The molecule has 2 aromatic rings. The summed E-state index contributed by atoms with van der Waals surface area (Å²) in [7, 11) is 2.52. The molecular weight excluding hydrogens is 356 g/mol. The lowest BCUT2D eigenvalue weighted by molar-refractivity contribution is -0.139. The summed E-state index contributed by atoms with van der Waals surface area (Å²) >= 11 is 0. The molecule has 28 heavy (non-hydrogen) atoms. The molecule has 2 rings (SSSR count). The number of esters is 2. The fourth-order valence-electron chi connectivity index (χ4n) is 2.56. The summed E-state index contributed by atoms with van der Waals surface area (Å²) in [6, 6.07) is 11.3. The van der Waals surface area contributed by atoms with Crippen LogP contribution in [0.25, 0.3) is 0 Å². The summed E-state index contributed by atoms with van der Waals surface area (Å²) in [4.78, 5) is 24.9. The molecule has 0 spiro atoms. The average Bonchev–Trinajstić information content (AvgIpc) is 2.68. The molecule has 6 nitrogen and oxygen atoms in total. The average molecular weight is 382 g/mol. The van der Waals surface area contributed by atoms with Gasteiger partial charge < -0.3 is 20.1 Å². The van der Waals surface area contributed by atoms with Gasteiger partial charge in [0.25, 0.3) is 0 Å². The minimum Gasteiger partial charge on any atom is -0.464 e. The van der Waals surface area contributed by atoms with Gasteiger partial charge in [-0.05, 0) is 74.2 Å². The molecule has 2 N–H and O–H groups in total. The highest BCUT2D eigenvalue weighted by molar-refractivity contribution is 6.04. The van der Waals surface area contributed by atoms with Gasteiger partial charge in [-0.15, -0.1) is 0 Å². The molecule has 0 aliphatic carbocycles. The van der Waals surface area contributed by atoms with Crippen molar-refractivity contribution in [2.24, 2.45) is 0 Å². The first-order valence-corrected chi connectivity index (χ1v) is 8.86. The standard InChI is InChI=1S/C22H26N2O4/c1-13-7-9-17(11-15(13)3)23-19(21(25)27-5)20(22(26)28-6)24-18-10-8-14(2)16(4)12-18/h7-12,23-24H,1-6H3. The fraction of sp³-hybridized carbons (Fsp3) is 0.273. The van der Waals surface area contributed by atoms with Crippen LogP contribution in [-0.2, 0) is 19.1 Å². The predicted molar refractivity (Wildman–Crippen MR) is 110 cm³/mol. The van der Waals surface area contributed by atoms with Gasteiger partial charge in [0.1, 0.15) is 0 Å². The largest absolute Gasteiger partial charge is 0.464 e. The Bertz CT molecular complexity index is 857. The van der Waals surface area contributed by atoms with E-state index in [0.717, 1.165) is 22.3 Å². The zero-order valence-electron chi connectivity index (χ0n) is 17.1. The second-order valence-corrected chi connectivity index (χ2v) is 6.58. The second-order valence-electron chi connectivity index (χ2n) is 6.58. The molecule has 0 fully saturated rings. The second kappa shape index (κ2) is 9.08. The van der Waals surface area contributed by atoms with E-state index in [0.29, 0.717) is 11.4 Å². The van der Waals surface area contributed by atoms with Gasteiger partial charge in [-0.2, -0.15) is 0 Å². The quantitative estimate of drug-likeness (QED) is 0.581. The van der Waals surface area contributed by atoms with Crippen molar-refractivity contribution in [3.05, 3.63) is 70.0 Å². The normalized spacial score (nSPS) is 11.4. The number of carbonyl (C=O) groups excluding carboxylic acids is 2. The van der Waals surface area contributed by atoms with Crippen LogP contribution in [0.15, 0.2) is 47.8 Å². The molecule has 0 heterocycles. The Balaban J connectivity index is 2.53. The molecular formula is C22H26N2O4. The first-order valence-electron chi connectivity index (χ1n) is 8.86. The van der Waals surface area contributed by atoms with Crippen LogP contribution in [0, 0.1) is 27.7 Å². The lowest BCUT2D eigenvalue weighted by Gasteiger charge is -2.17. The Morgan fingerprint density at radius 2 is 1.00 bits per heavy atom. The molecule has 0 aliphatic heterocycles. The van der Waals surface area contributed by atoms with Gasteiger partial charge in [0.05, 0.1) is 14.2 Å². The molecule has 0 atom stereocenters. The number of hydrogen-bond donors (Lipinski definition) is 2. The van der Waals surface area contributed by atoms with Crippen molar-refractivity contribution in [3.8, 4) is 0 Å². The Hall–Kier alpha value is -3.28. The summed E-state index contributed by atoms with van der Waals surface area (Å²) in [5.41, 5.74) is 5.60. The van der Waals surface area contributed by atoms with Crippen molar-refractivity contribution < 1.29 is 19.1 Å². The third kappa shape index (κ3) is 4.91. The van der Waals surface area contributed by atoms with Crippen molar-refractivity contribution in [1.82, 2.24) is 0 Å². The summed E-state index contributed by atoms with van der Waals surface area (Å²) in [6.07, 6.45) is 0. The van der Waals surface area contributed by atoms with Crippen molar-refractivity contribution in [2.45, 2.75) is 27.7 Å². The van der Waals surface area contributed by atoms with Crippen LogP contribution >= 0.6 is 0 Å². The van der Waals surface area contributed by atoms with E-state index < -0.39 is 11.9 Å².